The second-order valence-corrected chi connectivity index (χ2v) is 3.11. The fraction of sp³-hybridized carbons (Fsp3) is 0. The molecular weight excluding hydrogens is 234 g/mol. The molecule has 0 radical (unpaired) electrons. The first-order valence-corrected chi connectivity index (χ1v) is 4.32. The Morgan fingerprint density at radius 2 is 1.88 bits per heavy atom. The van der Waals surface area contributed by atoms with Crippen LogP contribution >= 0.6 is 0 Å². The van der Waals surface area contributed by atoms with Crippen molar-refractivity contribution in [3.05, 3.63) is 46.9 Å². The minimum atomic E-state index is -1.06. The second-order valence-electron chi connectivity index (χ2n) is 3.11. The molecule has 0 atom stereocenters. The molecule has 16 heavy (non-hydrogen) atoms. The van der Waals surface area contributed by atoms with Crippen molar-refractivity contribution in [2.24, 2.45) is 5.18 Å². The van der Waals surface area contributed by atoms with Crippen molar-refractivity contribution in [2.45, 2.75) is 0 Å². The molecule has 78 valence electrons. The van der Waals surface area contributed by atoms with Crippen LogP contribution in [0.2, 0.25) is 0 Å². The van der Waals surface area contributed by atoms with E-state index in [1.54, 1.807) is 30.3 Å². The molecule has 0 amide bonds. The Bertz CT molecular complexity index is 554. The molecule has 4 nitrogen and oxygen atoms in total. The van der Waals surface area contributed by atoms with Crippen molar-refractivity contribution in [1.29, 1.82) is 0 Å². The summed E-state index contributed by atoms with van der Waals surface area (Å²) in [7, 11) is 0. The topological polar surface area (TPSA) is 66.7 Å². The summed E-state index contributed by atoms with van der Waals surface area (Å²) in [6.45, 7) is 0. The maximum absolute atomic E-state index is 10.9. The van der Waals surface area contributed by atoms with Crippen LogP contribution in [0, 0.1) is 4.91 Å². The fourth-order valence-electron chi connectivity index (χ4n) is 1.52. The Morgan fingerprint density at radius 3 is 2.50 bits per heavy atom. The van der Waals surface area contributed by atoms with Crippen LogP contribution in [0.3, 0.4) is 0 Å². The Balaban J connectivity index is 0.00000128. The number of fused-ring (bicyclic) bond motifs is 1. The van der Waals surface area contributed by atoms with E-state index in [1.807, 2.05) is 0 Å². The zero-order valence-corrected chi connectivity index (χ0v) is 7.68. The molecule has 2 rings (SSSR count). The molecule has 2 aromatic rings. The number of hydrogen-bond donors (Lipinski definition) is 1. The van der Waals surface area contributed by atoms with Crippen LogP contribution in [-0.2, 0) is 0 Å². The number of carboxylic acids is 1. The van der Waals surface area contributed by atoms with Crippen LogP contribution in [-0.4, -0.2) is 48.8 Å². The van der Waals surface area contributed by atoms with Crippen molar-refractivity contribution < 1.29 is 9.90 Å². The summed E-state index contributed by atoms with van der Waals surface area (Å²) in [5.74, 6) is -1.06. The van der Waals surface area contributed by atoms with E-state index in [9.17, 15) is 9.70 Å². The van der Waals surface area contributed by atoms with E-state index >= 15 is 0 Å². The van der Waals surface area contributed by atoms with E-state index in [0.29, 0.717) is 10.8 Å². The summed E-state index contributed by atoms with van der Waals surface area (Å²) < 4.78 is 0. The third-order valence-electron chi connectivity index (χ3n) is 2.18. The average molecular weight is 243 g/mol. The Morgan fingerprint density at radius 1 is 1.19 bits per heavy atom. The number of nitrogens with zero attached hydrogens (tertiary/aromatic N) is 1. The molecule has 2 aromatic carbocycles. The van der Waals surface area contributed by atoms with Gasteiger partial charge in [-0.2, -0.15) is 0 Å². The van der Waals surface area contributed by atoms with Gasteiger partial charge in [0.2, 0.25) is 0 Å². The molecule has 0 heterocycles. The molecule has 0 fully saturated rings. The summed E-state index contributed by atoms with van der Waals surface area (Å²) >= 11 is 0. The molecule has 0 saturated heterocycles. The summed E-state index contributed by atoms with van der Waals surface area (Å²) in [6.07, 6.45) is 0. The van der Waals surface area contributed by atoms with Crippen molar-refractivity contribution >= 4 is 60.2 Å². The first kappa shape index (κ1) is 13.1. The van der Waals surface area contributed by atoms with Crippen molar-refractivity contribution in [1.82, 2.24) is 0 Å². The predicted octanol–water partition coefficient (Wildman–Crippen LogP) is 2.02. The van der Waals surface area contributed by atoms with E-state index in [4.69, 9.17) is 5.11 Å². The molecule has 0 aromatic heterocycles. The van der Waals surface area contributed by atoms with Crippen LogP contribution in [0.1, 0.15) is 10.4 Å². The third kappa shape index (κ3) is 2.40. The standard InChI is InChI=1S/C11H7NO3.Ca.2H/c13-11(14)10-6-8(12-15)5-7-3-1-2-4-9(7)10;;;/h1-6H,(H,13,14);;;. The molecule has 0 aliphatic carbocycles. The number of benzene rings is 2. The van der Waals surface area contributed by atoms with Gasteiger partial charge in [0.25, 0.3) is 0 Å². The average Bonchev–Trinajstić information content (AvgIpc) is 2.27. The Kier molecular flexibility index (Phi) is 4.41. The predicted molar refractivity (Wildman–Crippen MR) is 64.9 cm³/mol. The number of rotatable bonds is 2. The van der Waals surface area contributed by atoms with Gasteiger partial charge in [-0.25, -0.2) is 4.79 Å². The minimum absolute atomic E-state index is 0. The van der Waals surface area contributed by atoms with Gasteiger partial charge in [-0.15, -0.1) is 4.91 Å². The summed E-state index contributed by atoms with van der Waals surface area (Å²) in [5.41, 5.74) is 0.230. The Labute approximate surface area is 121 Å². The third-order valence-corrected chi connectivity index (χ3v) is 2.18. The van der Waals surface area contributed by atoms with Crippen LogP contribution in [0.4, 0.5) is 5.69 Å². The summed E-state index contributed by atoms with van der Waals surface area (Å²) in [6, 6.07) is 9.82. The zero-order valence-electron chi connectivity index (χ0n) is 7.68. The first-order chi connectivity index (χ1) is 7.22. The van der Waals surface area contributed by atoms with E-state index < -0.39 is 5.97 Å². The number of hydrogen-bond acceptors (Lipinski definition) is 3. The van der Waals surface area contributed by atoms with E-state index in [0.717, 1.165) is 0 Å². The number of aromatic carboxylic acids is 1. The van der Waals surface area contributed by atoms with E-state index in [1.165, 1.54) is 6.07 Å². The molecular formula is C11H9CaNO3. The molecule has 0 unspecified atom stereocenters. The summed E-state index contributed by atoms with van der Waals surface area (Å²) in [5, 5.41) is 13.0. The fourth-order valence-corrected chi connectivity index (χ4v) is 1.52. The van der Waals surface area contributed by atoms with E-state index in [-0.39, 0.29) is 49.0 Å². The van der Waals surface area contributed by atoms with Gasteiger partial charge in [-0.05, 0) is 28.1 Å². The molecule has 0 spiro atoms. The van der Waals surface area contributed by atoms with Gasteiger partial charge in [0, 0.05) is 0 Å². The molecule has 0 aliphatic rings. The number of carboxylic acid groups (broad SMARTS) is 1. The molecule has 0 aliphatic heterocycles. The van der Waals surface area contributed by atoms with Crippen molar-refractivity contribution in [3.8, 4) is 0 Å². The number of carbonyl (C=O) groups is 1. The van der Waals surface area contributed by atoms with Crippen LogP contribution in [0.25, 0.3) is 10.8 Å². The van der Waals surface area contributed by atoms with Gasteiger partial charge in [-0.3, -0.25) is 0 Å². The van der Waals surface area contributed by atoms with Crippen molar-refractivity contribution in [2.75, 3.05) is 0 Å². The first-order valence-electron chi connectivity index (χ1n) is 4.32. The second kappa shape index (κ2) is 5.39. The van der Waals surface area contributed by atoms with Gasteiger partial charge in [-0.1, -0.05) is 24.3 Å². The molecule has 5 heteroatoms. The monoisotopic (exact) mass is 243 g/mol. The molecule has 1 N–H and O–H groups in total. The Hall–Kier alpha value is -0.970. The van der Waals surface area contributed by atoms with Gasteiger partial charge in [0.05, 0.1) is 5.56 Å². The van der Waals surface area contributed by atoms with Crippen LogP contribution in [0.15, 0.2) is 41.6 Å². The van der Waals surface area contributed by atoms with Gasteiger partial charge in [0.15, 0.2) is 0 Å². The maximum atomic E-state index is 10.9. The van der Waals surface area contributed by atoms with Crippen molar-refractivity contribution in [3.63, 3.8) is 0 Å². The van der Waals surface area contributed by atoms with Crippen LogP contribution < -0.4 is 0 Å². The van der Waals surface area contributed by atoms with Gasteiger partial charge < -0.3 is 5.11 Å². The molecule has 0 bridgehead atoms. The van der Waals surface area contributed by atoms with Crippen LogP contribution in [0.5, 0.6) is 0 Å². The normalized spacial score (nSPS) is 9.50. The quantitative estimate of drug-likeness (QED) is 0.648. The molecule has 0 saturated carbocycles. The summed E-state index contributed by atoms with van der Waals surface area (Å²) in [4.78, 5) is 21.3. The SMILES string of the molecule is O=Nc1cc(C(=O)O)c2ccccc2c1.[CaH2]. The number of nitroso groups, excluding NO2 is 1. The van der Waals surface area contributed by atoms with E-state index in [2.05, 4.69) is 5.18 Å². The van der Waals surface area contributed by atoms with Gasteiger partial charge >= 0.3 is 43.7 Å². The zero-order chi connectivity index (χ0) is 10.8. The van der Waals surface area contributed by atoms with Gasteiger partial charge in [0.1, 0.15) is 5.69 Å².